The summed E-state index contributed by atoms with van der Waals surface area (Å²) in [6.45, 7) is 5.13. The molecule has 1 saturated heterocycles. The number of piperidine rings is 1. The van der Waals surface area contributed by atoms with E-state index in [9.17, 15) is 0 Å². The molecule has 1 saturated carbocycles. The molecule has 0 unspecified atom stereocenters. The van der Waals surface area contributed by atoms with E-state index in [-0.39, 0.29) is 0 Å². The van der Waals surface area contributed by atoms with Gasteiger partial charge in [0, 0.05) is 6.04 Å². The third-order valence-corrected chi connectivity index (χ3v) is 4.30. The minimum absolute atomic E-state index is 0.957. The van der Waals surface area contributed by atoms with Crippen molar-refractivity contribution in [1.29, 1.82) is 0 Å². The lowest BCUT2D eigenvalue weighted by atomic mass is 9.83. The van der Waals surface area contributed by atoms with Crippen LogP contribution in [-0.4, -0.2) is 24.0 Å². The van der Waals surface area contributed by atoms with Gasteiger partial charge in [-0.25, -0.2) is 0 Å². The molecule has 1 nitrogen and oxygen atoms in total. The molecule has 1 heterocycles. The van der Waals surface area contributed by atoms with Gasteiger partial charge in [-0.1, -0.05) is 19.8 Å². The van der Waals surface area contributed by atoms with Gasteiger partial charge >= 0.3 is 0 Å². The van der Waals surface area contributed by atoms with Gasteiger partial charge < -0.3 is 4.90 Å². The van der Waals surface area contributed by atoms with Crippen molar-refractivity contribution in [2.24, 2.45) is 5.92 Å². The summed E-state index contributed by atoms with van der Waals surface area (Å²) in [7, 11) is 0. The first kappa shape index (κ1) is 10.5. The van der Waals surface area contributed by atoms with Crippen molar-refractivity contribution in [1.82, 2.24) is 4.90 Å². The number of hydrogen-bond donors (Lipinski definition) is 0. The number of nitrogens with zero attached hydrogens (tertiary/aromatic N) is 1. The second kappa shape index (κ2) is 5.16. The quantitative estimate of drug-likeness (QED) is 0.652. The topological polar surface area (TPSA) is 3.24 Å². The van der Waals surface area contributed by atoms with Crippen LogP contribution in [0.15, 0.2) is 0 Å². The van der Waals surface area contributed by atoms with Gasteiger partial charge in [0.2, 0.25) is 0 Å². The highest BCUT2D eigenvalue weighted by molar-refractivity contribution is 4.80. The molecule has 0 spiro atoms. The van der Waals surface area contributed by atoms with Gasteiger partial charge in [0.25, 0.3) is 0 Å². The molecular weight excluding hydrogens is 170 g/mol. The van der Waals surface area contributed by atoms with E-state index in [0.29, 0.717) is 0 Å². The Morgan fingerprint density at radius 3 is 2.14 bits per heavy atom. The lowest BCUT2D eigenvalue weighted by molar-refractivity contribution is 0.114. The highest BCUT2D eigenvalue weighted by atomic mass is 15.2. The van der Waals surface area contributed by atoms with Crippen LogP contribution in [-0.2, 0) is 0 Å². The van der Waals surface area contributed by atoms with E-state index < -0.39 is 0 Å². The minimum Gasteiger partial charge on any atom is -0.300 e. The lowest BCUT2D eigenvalue weighted by Crippen LogP contribution is -2.41. The van der Waals surface area contributed by atoms with Gasteiger partial charge in [-0.2, -0.15) is 0 Å². The molecule has 1 aliphatic heterocycles. The van der Waals surface area contributed by atoms with Crippen LogP contribution < -0.4 is 0 Å². The molecule has 0 aromatic heterocycles. The Labute approximate surface area is 88.9 Å². The summed E-state index contributed by atoms with van der Waals surface area (Å²) >= 11 is 0. The van der Waals surface area contributed by atoms with E-state index in [1.165, 1.54) is 64.5 Å². The molecule has 0 radical (unpaired) electrons. The van der Waals surface area contributed by atoms with Crippen molar-refractivity contribution in [2.75, 3.05) is 13.1 Å². The van der Waals surface area contributed by atoms with E-state index in [1.54, 1.807) is 0 Å². The van der Waals surface area contributed by atoms with Crippen LogP contribution in [0.3, 0.4) is 0 Å². The zero-order valence-electron chi connectivity index (χ0n) is 9.67. The maximum Gasteiger partial charge on any atom is 0.00954 e. The smallest absolute Gasteiger partial charge is 0.00954 e. The molecule has 1 heteroatoms. The summed E-state index contributed by atoms with van der Waals surface area (Å²) in [5.41, 5.74) is 0. The van der Waals surface area contributed by atoms with E-state index in [4.69, 9.17) is 0 Å². The molecule has 14 heavy (non-hydrogen) atoms. The van der Waals surface area contributed by atoms with Crippen molar-refractivity contribution in [3.05, 3.63) is 0 Å². The van der Waals surface area contributed by atoms with Crippen LogP contribution >= 0.6 is 0 Å². The highest BCUT2D eigenvalue weighted by Crippen LogP contribution is 2.30. The van der Waals surface area contributed by atoms with Gasteiger partial charge in [-0.05, 0) is 57.5 Å². The van der Waals surface area contributed by atoms with E-state index in [2.05, 4.69) is 11.8 Å². The highest BCUT2D eigenvalue weighted by Gasteiger charge is 2.25. The Bertz CT molecular complexity index is 153. The molecular formula is C13H25N. The number of hydrogen-bond acceptors (Lipinski definition) is 1. The molecule has 0 aromatic rings. The molecule has 0 bridgehead atoms. The molecule has 82 valence electrons. The van der Waals surface area contributed by atoms with Gasteiger partial charge in [-0.15, -0.1) is 0 Å². The maximum atomic E-state index is 2.77. The second-order valence-electron chi connectivity index (χ2n) is 5.18. The lowest BCUT2D eigenvalue weighted by Gasteiger charge is -2.38. The summed E-state index contributed by atoms with van der Waals surface area (Å²) in [5, 5.41) is 0. The van der Waals surface area contributed by atoms with Crippen molar-refractivity contribution in [2.45, 2.75) is 64.3 Å². The zero-order valence-corrected chi connectivity index (χ0v) is 9.67. The summed E-state index contributed by atoms with van der Waals surface area (Å²) in [5.74, 6) is 1.05. The molecule has 2 fully saturated rings. The first-order chi connectivity index (χ1) is 6.90. The Hall–Kier alpha value is -0.0400. The summed E-state index contributed by atoms with van der Waals surface area (Å²) in [6, 6.07) is 0.957. The van der Waals surface area contributed by atoms with E-state index >= 15 is 0 Å². The predicted molar refractivity (Wildman–Crippen MR) is 61.5 cm³/mol. The fourth-order valence-electron chi connectivity index (χ4n) is 3.20. The minimum atomic E-state index is 0.957. The molecule has 0 N–H and O–H groups in total. The van der Waals surface area contributed by atoms with Crippen LogP contribution in [0.4, 0.5) is 0 Å². The largest absolute Gasteiger partial charge is 0.300 e. The first-order valence-electron chi connectivity index (χ1n) is 6.64. The van der Waals surface area contributed by atoms with Gasteiger partial charge in [0.15, 0.2) is 0 Å². The summed E-state index contributed by atoms with van der Waals surface area (Å²) in [6.07, 6.45) is 11.8. The van der Waals surface area contributed by atoms with Crippen LogP contribution in [0.5, 0.6) is 0 Å². The Kier molecular flexibility index (Phi) is 3.86. The summed E-state index contributed by atoms with van der Waals surface area (Å²) < 4.78 is 0. The first-order valence-corrected chi connectivity index (χ1v) is 6.64. The third-order valence-electron chi connectivity index (χ3n) is 4.30. The van der Waals surface area contributed by atoms with Crippen LogP contribution in [0.2, 0.25) is 0 Å². The van der Waals surface area contributed by atoms with Crippen molar-refractivity contribution >= 4 is 0 Å². The predicted octanol–water partition coefficient (Wildman–Crippen LogP) is 3.44. The summed E-state index contributed by atoms with van der Waals surface area (Å²) in [4.78, 5) is 2.77. The Balaban J connectivity index is 1.76. The second-order valence-corrected chi connectivity index (χ2v) is 5.18. The number of rotatable bonds is 2. The van der Waals surface area contributed by atoms with Crippen molar-refractivity contribution < 1.29 is 0 Å². The van der Waals surface area contributed by atoms with E-state index in [1.807, 2.05) is 0 Å². The van der Waals surface area contributed by atoms with Gasteiger partial charge in [0.05, 0.1) is 0 Å². The standard InChI is InChI=1S/C13H25N/c1-2-12-6-8-13(9-7-12)14-10-4-3-5-11-14/h12-13H,2-11H2,1H3. The third kappa shape index (κ3) is 2.50. The van der Waals surface area contributed by atoms with Crippen molar-refractivity contribution in [3.8, 4) is 0 Å². The van der Waals surface area contributed by atoms with Crippen LogP contribution in [0.25, 0.3) is 0 Å². The molecule has 2 aliphatic rings. The SMILES string of the molecule is CCC1CCC(N2CCCCC2)CC1. The molecule has 1 aliphatic carbocycles. The molecule has 2 rings (SSSR count). The fourth-order valence-corrected chi connectivity index (χ4v) is 3.20. The van der Waals surface area contributed by atoms with Gasteiger partial charge in [-0.3, -0.25) is 0 Å². The molecule has 0 amide bonds. The average molecular weight is 195 g/mol. The maximum absolute atomic E-state index is 2.77. The zero-order chi connectivity index (χ0) is 9.80. The monoisotopic (exact) mass is 195 g/mol. The van der Waals surface area contributed by atoms with Crippen molar-refractivity contribution in [3.63, 3.8) is 0 Å². The fraction of sp³-hybridized carbons (Fsp3) is 1.00. The van der Waals surface area contributed by atoms with Gasteiger partial charge in [0.1, 0.15) is 0 Å². The Morgan fingerprint density at radius 2 is 1.57 bits per heavy atom. The number of likely N-dealkylation sites (tertiary alicyclic amines) is 1. The normalized spacial score (nSPS) is 35.8. The molecule has 0 aromatic carbocycles. The van der Waals surface area contributed by atoms with Crippen LogP contribution in [0, 0.1) is 5.92 Å². The average Bonchev–Trinajstić information content (AvgIpc) is 2.30. The van der Waals surface area contributed by atoms with E-state index in [0.717, 1.165) is 12.0 Å². The Morgan fingerprint density at radius 1 is 0.929 bits per heavy atom. The van der Waals surface area contributed by atoms with Crippen LogP contribution in [0.1, 0.15) is 58.3 Å². The molecule has 0 atom stereocenters.